The van der Waals surface area contributed by atoms with Crippen LogP contribution in [0.3, 0.4) is 0 Å². The van der Waals surface area contributed by atoms with Gasteiger partial charge in [0.05, 0.1) is 5.56 Å². The van der Waals surface area contributed by atoms with Crippen LogP contribution in [0.15, 0.2) is 35.7 Å². The van der Waals surface area contributed by atoms with Crippen molar-refractivity contribution in [1.82, 2.24) is 4.90 Å². The van der Waals surface area contributed by atoms with E-state index in [2.05, 4.69) is 36.6 Å². The molecule has 0 aliphatic carbocycles. The molecule has 3 nitrogen and oxygen atoms in total. The molecule has 0 unspecified atom stereocenters. The average molecular weight is 430 g/mol. The molecule has 0 saturated heterocycles. The Hall–Kier alpha value is -1.76. The molecule has 0 radical (unpaired) electrons. The molecule has 1 aliphatic heterocycles. The second-order valence-corrected chi connectivity index (χ2v) is 10.1. The molecular weight excluding hydrogens is 406 g/mol. The molecule has 1 aliphatic rings. The predicted octanol–water partition coefficient (Wildman–Crippen LogP) is 7.16. The lowest BCUT2D eigenvalue weighted by Crippen LogP contribution is -2.30. The van der Waals surface area contributed by atoms with Crippen LogP contribution in [-0.4, -0.2) is 23.3 Å². The van der Waals surface area contributed by atoms with Crippen LogP contribution in [0.5, 0.6) is 0 Å². The summed E-state index contributed by atoms with van der Waals surface area (Å²) >= 11 is 4.89. The molecule has 4 heterocycles. The number of fused-ring (bicyclic) bond motifs is 1. The molecule has 0 aromatic carbocycles. The summed E-state index contributed by atoms with van der Waals surface area (Å²) in [5.74, 6) is -0.231. The Balaban J connectivity index is 1.42. The van der Waals surface area contributed by atoms with Crippen LogP contribution in [0.1, 0.15) is 65.5 Å². The number of hydrogen-bond donors (Lipinski definition) is 0. The molecule has 146 valence electrons. The van der Waals surface area contributed by atoms with Crippen molar-refractivity contribution in [2.75, 3.05) is 6.54 Å². The molecule has 0 bridgehead atoms. The van der Waals surface area contributed by atoms with Crippen LogP contribution in [0, 0.1) is 0 Å². The Morgan fingerprint density at radius 2 is 1.57 bits per heavy atom. The predicted molar refractivity (Wildman–Crippen MR) is 120 cm³/mol. The summed E-state index contributed by atoms with van der Waals surface area (Å²) in [5.41, 5.74) is 0.585. The van der Waals surface area contributed by atoms with Crippen LogP contribution in [-0.2, 0) is 0 Å². The fourth-order valence-corrected chi connectivity index (χ4v) is 6.49. The Morgan fingerprint density at radius 1 is 0.821 bits per heavy atom. The molecular formula is C22H23NO2S3. The van der Waals surface area contributed by atoms with Crippen LogP contribution < -0.4 is 0 Å². The maximum Gasteiger partial charge on any atom is 0.271 e. The first-order valence-electron chi connectivity index (χ1n) is 9.83. The van der Waals surface area contributed by atoms with Crippen molar-refractivity contribution in [1.29, 1.82) is 0 Å². The summed E-state index contributed by atoms with van der Waals surface area (Å²) < 4.78 is 0. The highest BCUT2D eigenvalue weighted by Crippen LogP contribution is 2.42. The standard InChI is InChI=1S/C22H23NO2S3/c1-2-3-4-5-6-7-12-23-21(24)15-14-19(28-20(15)22(23)25)18-11-10-17(27-18)16-9-8-13-26-16/h8-11,13-14H,2-7,12H2,1H3. The van der Waals surface area contributed by atoms with E-state index in [9.17, 15) is 9.59 Å². The second kappa shape index (κ2) is 8.72. The van der Waals surface area contributed by atoms with Gasteiger partial charge < -0.3 is 0 Å². The second-order valence-electron chi connectivity index (χ2n) is 7.02. The van der Waals surface area contributed by atoms with E-state index in [1.807, 2.05) is 6.07 Å². The molecule has 3 aromatic rings. The van der Waals surface area contributed by atoms with E-state index in [-0.39, 0.29) is 11.8 Å². The van der Waals surface area contributed by atoms with Gasteiger partial charge in [-0.15, -0.1) is 34.0 Å². The number of carbonyl (C=O) groups excluding carboxylic acids is 2. The molecule has 3 aromatic heterocycles. The number of unbranched alkanes of at least 4 members (excludes halogenated alkanes) is 5. The lowest BCUT2D eigenvalue weighted by Gasteiger charge is -2.13. The Morgan fingerprint density at radius 3 is 2.29 bits per heavy atom. The van der Waals surface area contributed by atoms with Gasteiger partial charge in [0.15, 0.2) is 0 Å². The summed E-state index contributed by atoms with van der Waals surface area (Å²) in [4.78, 5) is 32.1. The van der Waals surface area contributed by atoms with Crippen LogP contribution in [0.2, 0.25) is 0 Å². The summed E-state index contributed by atoms with van der Waals surface area (Å²) in [6, 6.07) is 10.3. The first kappa shape index (κ1) is 19.6. The highest BCUT2D eigenvalue weighted by Gasteiger charge is 2.37. The number of nitrogens with zero attached hydrogens (tertiary/aromatic N) is 1. The smallest absolute Gasteiger partial charge is 0.271 e. The van der Waals surface area contributed by atoms with Crippen LogP contribution in [0.25, 0.3) is 19.5 Å². The molecule has 0 fully saturated rings. The van der Waals surface area contributed by atoms with E-state index >= 15 is 0 Å². The first-order valence-corrected chi connectivity index (χ1v) is 12.3. The third-order valence-electron chi connectivity index (χ3n) is 5.00. The van der Waals surface area contributed by atoms with Crippen molar-refractivity contribution in [2.45, 2.75) is 45.4 Å². The van der Waals surface area contributed by atoms with E-state index in [0.717, 1.165) is 22.6 Å². The first-order chi connectivity index (χ1) is 13.7. The quantitative estimate of drug-likeness (QED) is 0.267. The fourth-order valence-electron chi connectivity index (χ4n) is 3.47. The molecule has 0 spiro atoms. The number of thiophene rings is 3. The lowest BCUT2D eigenvalue weighted by atomic mass is 10.1. The van der Waals surface area contributed by atoms with Gasteiger partial charge >= 0.3 is 0 Å². The normalized spacial score (nSPS) is 13.5. The van der Waals surface area contributed by atoms with Crippen molar-refractivity contribution in [3.63, 3.8) is 0 Å². The lowest BCUT2D eigenvalue weighted by molar-refractivity contribution is 0.0652. The highest BCUT2D eigenvalue weighted by molar-refractivity contribution is 7.26. The number of hydrogen-bond acceptors (Lipinski definition) is 5. The van der Waals surface area contributed by atoms with Gasteiger partial charge in [0, 0.05) is 26.1 Å². The summed E-state index contributed by atoms with van der Waals surface area (Å²) in [6.07, 6.45) is 6.89. The molecule has 0 atom stereocenters. The van der Waals surface area contributed by atoms with Crippen molar-refractivity contribution < 1.29 is 9.59 Å². The molecule has 4 rings (SSSR count). The number of amides is 2. The third-order valence-corrected chi connectivity index (χ3v) is 8.46. The Bertz CT molecular complexity index is 934. The summed E-state index contributed by atoms with van der Waals surface area (Å²) in [7, 11) is 0. The minimum Gasteiger partial charge on any atom is -0.274 e. The summed E-state index contributed by atoms with van der Waals surface area (Å²) in [5, 5.41) is 2.07. The van der Waals surface area contributed by atoms with Crippen LogP contribution in [0.4, 0.5) is 0 Å². The van der Waals surface area contributed by atoms with Gasteiger partial charge in [-0.2, -0.15) is 0 Å². The fraction of sp³-hybridized carbons (Fsp3) is 0.364. The van der Waals surface area contributed by atoms with Gasteiger partial charge in [-0.05, 0) is 36.1 Å². The van der Waals surface area contributed by atoms with Crippen molar-refractivity contribution in [3.8, 4) is 19.5 Å². The zero-order valence-corrected chi connectivity index (χ0v) is 18.4. The molecule has 0 saturated carbocycles. The topological polar surface area (TPSA) is 37.4 Å². The number of carbonyl (C=O) groups is 2. The maximum absolute atomic E-state index is 12.7. The largest absolute Gasteiger partial charge is 0.274 e. The van der Waals surface area contributed by atoms with E-state index < -0.39 is 0 Å². The Kier molecular flexibility index (Phi) is 6.09. The van der Waals surface area contributed by atoms with E-state index in [1.54, 1.807) is 22.7 Å². The van der Waals surface area contributed by atoms with E-state index in [1.165, 1.54) is 51.7 Å². The molecule has 2 amide bonds. The van der Waals surface area contributed by atoms with E-state index in [0.29, 0.717) is 17.0 Å². The van der Waals surface area contributed by atoms with E-state index in [4.69, 9.17) is 0 Å². The molecule has 6 heteroatoms. The molecule has 28 heavy (non-hydrogen) atoms. The molecule has 0 N–H and O–H groups in total. The SMILES string of the molecule is CCCCCCCCN1C(=O)c2cc(-c3ccc(-c4cccs4)s3)sc2C1=O. The number of rotatable bonds is 9. The van der Waals surface area contributed by atoms with Crippen LogP contribution >= 0.6 is 34.0 Å². The zero-order chi connectivity index (χ0) is 19.5. The van der Waals surface area contributed by atoms with Gasteiger partial charge in [0.25, 0.3) is 11.8 Å². The monoisotopic (exact) mass is 429 g/mol. The highest BCUT2D eigenvalue weighted by atomic mass is 32.1. The van der Waals surface area contributed by atoms with Gasteiger partial charge in [-0.3, -0.25) is 14.5 Å². The van der Waals surface area contributed by atoms with Crippen molar-refractivity contribution in [3.05, 3.63) is 46.2 Å². The third kappa shape index (κ3) is 3.86. The number of imide groups is 1. The maximum atomic E-state index is 12.7. The van der Waals surface area contributed by atoms with Gasteiger partial charge in [0.1, 0.15) is 4.88 Å². The van der Waals surface area contributed by atoms with Crippen molar-refractivity contribution >= 4 is 45.8 Å². The minimum atomic E-state index is -0.119. The summed E-state index contributed by atoms with van der Waals surface area (Å²) in [6.45, 7) is 2.75. The van der Waals surface area contributed by atoms with Gasteiger partial charge in [0.2, 0.25) is 0 Å². The van der Waals surface area contributed by atoms with Gasteiger partial charge in [-0.25, -0.2) is 0 Å². The van der Waals surface area contributed by atoms with Crippen molar-refractivity contribution in [2.24, 2.45) is 0 Å². The van der Waals surface area contributed by atoms with Gasteiger partial charge in [-0.1, -0.05) is 45.1 Å². The Labute approximate surface area is 177 Å². The zero-order valence-electron chi connectivity index (χ0n) is 15.9. The minimum absolute atomic E-state index is 0.111. The average Bonchev–Trinajstić information content (AvgIpc) is 3.47.